The molecule has 0 aromatic heterocycles. The maximum absolute atomic E-state index is 11.7. The third-order valence-corrected chi connectivity index (χ3v) is 3.85. The molecule has 2 rings (SSSR count). The molecule has 0 aliphatic carbocycles. The zero-order chi connectivity index (χ0) is 13.7. The summed E-state index contributed by atoms with van der Waals surface area (Å²) in [5, 5.41) is 12.3. The number of nitriles is 1. The van der Waals surface area contributed by atoms with Gasteiger partial charge in [-0.25, -0.2) is 0 Å². The van der Waals surface area contributed by atoms with Crippen LogP contribution in [-0.4, -0.2) is 27.8 Å². The highest BCUT2D eigenvalue weighted by Crippen LogP contribution is 2.18. The number of ether oxygens (including phenoxy) is 1. The van der Waals surface area contributed by atoms with Crippen molar-refractivity contribution in [3.63, 3.8) is 0 Å². The van der Waals surface area contributed by atoms with E-state index in [9.17, 15) is 8.42 Å². The second-order valence-corrected chi connectivity index (χ2v) is 5.56. The molecule has 0 spiro atoms. The van der Waals surface area contributed by atoms with E-state index in [1.807, 2.05) is 0 Å². The Kier molecular flexibility index (Phi) is 4.14. The maximum atomic E-state index is 11.7. The molecule has 1 heterocycles. The fraction of sp³-hybridized carbons (Fsp3) is 0.333. The lowest BCUT2D eigenvalue weighted by atomic mass is 9.99. The van der Waals surface area contributed by atoms with Crippen LogP contribution in [0.3, 0.4) is 0 Å². The van der Waals surface area contributed by atoms with Gasteiger partial charge in [0.25, 0.3) is 0 Å². The third kappa shape index (κ3) is 3.30. The molecule has 1 saturated heterocycles. The minimum absolute atomic E-state index is 0.0339. The van der Waals surface area contributed by atoms with Gasteiger partial charge < -0.3 is 4.74 Å². The van der Waals surface area contributed by atoms with Gasteiger partial charge in [0.05, 0.1) is 31.4 Å². The molecule has 0 amide bonds. The van der Waals surface area contributed by atoms with Crippen LogP contribution < -0.4 is 0 Å². The predicted octanol–water partition coefficient (Wildman–Crippen LogP) is 1.16. The Morgan fingerprint density at radius 1 is 1.37 bits per heavy atom. The summed E-state index contributed by atoms with van der Waals surface area (Å²) in [5.41, 5.74) is 0. The van der Waals surface area contributed by atoms with Crippen LogP contribution in [0.25, 0.3) is 0 Å². The minimum Gasteiger partial charge on any atom is -0.379 e. The van der Waals surface area contributed by atoms with E-state index in [4.69, 9.17) is 10.00 Å². The molecule has 0 bridgehead atoms. The highest BCUT2D eigenvalue weighted by molar-refractivity contribution is 7.86. The van der Waals surface area contributed by atoms with Crippen LogP contribution in [0.15, 0.2) is 40.4 Å². The van der Waals surface area contributed by atoms with Crippen LogP contribution in [-0.2, 0) is 19.1 Å². The Morgan fingerprint density at radius 3 is 2.79 bits per heavy atom. The summed E-state index contributed by atoms with van der Waals surface area (Å²) >= 11 is 0. The summed E-state index contributed by atoms with van der Waals surface area (Å²) in [5.74, 6) is -0.553. The van der Waals surface area contributed by atoms with E-state index in [1.54, 1.807) is 18.2 Å². The van der Waals surface area contributed by atoms with Gasteiger partial charge in [0.1, 0.15) is 4.90 Å². The number of rotatable bonds is 4. The summed E-state index contributed by atoms with van der Waals surface area (Å²) in [6.07, 6.45) is 1.31. The van der Waals surface area contributed by atoms with E-state index in [0.717, 1.165) is 0 Å². The molecule has 19 heavy (non-hydrogen) atoms. The molecule has 1 aliphatic rings. The summed E-state index contributed by atoms with van der Waals surface area (Å²) in [7, 11) is -3.90. The van der Waals surface area contributed by atoms with Crippen LogP contribution in [0.1, 0.15) is 0 Å². The summed E-state index contributed by atoms with van der Waals surface area (Å²) in [6, 6.07) is 9.80. The largest absolute Gasteiger partial charge is 0.379 e. The van der Waals surface area contributed by atoms with Gasteiger partial charge in [-0.1, -0.05) is 23.4 Å². The molecule has 1 aromatic rings. The average molecular weight is 280 g/mol. The van der Waals surface area contributed by atoms with Crippen molar-refractivity contribution in [1.82, 2.24) is 0 Å². The first-order valence-electron chi connectivity index (χ1n) is 5.63. The minimum atomic E-state index is -3.90. The molecule has 1 aliphatic heterocycles. The second kappa shape index (κ2) is 5.82. The Labute approximate surface area is 111 Å². The van der Waals surface area contributed by atoms with Crippen molar-refractivity contribution in [2.45, 2.75) is 4.90 Å². The van der Waals surface area contributed by atoms with Crippen molar-refractivity contribution >= 4 is 16.3 Å². The highest BCUT2D eigenvalue weighted by Gasteiger charge is 2.27. The monoisotopic (exact) mass is 280 g/mol. The smallest absolute Gasteiger partial charge is 0.358 e. The zero-order valence-electron chi connectivity index (χ0n) is 9.97. The maximum Gasteiger partial charge on any atom is 0.358 e. The molecular formula is C12H12N2O4S. The number of hydrogen-bond donors (Lipinski definition) is 0. The average Bonchev–Trinajstić information content (AvgIpc) is 2.87. The molecule has 0 radical (unpaired) electrons. The standard InChI is InChI=1S/C12H12N2O4S/c13-6-10-8-17-9-11(10)7-14-18-19(15,16)12-4-2-1-3-5-12/h1-5,7,10-11H,8-9H2/b14-7+. The normalized spacial score (nSPS) is 23.3. The lowest BCUT2D eigenvalue weighted by Gasteiger charge is -2.04. The van der Waals surface area contributed by atoms with Crippen molar-refractivity contribution in [3.8, 4) is 6.07 Å². The first-order valence-corrected chi connectivity index (χ1v) is 7.04. The highest BCUT2D eigenvalue weighted by atomic mass is 32.2. The molecule has 2 unspecified atom stereocenters. The number of nitrogens with zero attached hydrogens (tertiary/aromatic N) is 2. The van der Waals surface area contributed by atoms with E-state index >= 15 is 0 Å². The lowest BCUT2D eigenvalue weighted by molar-refractivity contribution is 0.188. The Bertz CT molecular complexity index is 592. The Hall–Kier alpha value is -1.91. The molecular weight excluding hydrogens is 268 g/mol. The van der Waals surface area contributed by atoms with Gasteiger partial charge in [-0.3, -0.25) is 4.28 Å². The number of benzene rings is 1. The van der Waals surface area contributed by atoms with E-state index in [1.165, 1.54) is 18.3 Å². The zero-order valence-corrected chi connectivity index (χ0v) is 10.8. The second-order valence-electron chi connectivity index (χ2n) is 4.03. The van der Waals surface area contributed by atoms with Gasteiger partial charge >= 0.3 is 10.1 Å². The van der Waals surface area contributed by atoms with Crippen molar-refractivity contribution in [3.05, 3.63) is 30.3 Å². The fourth-order valence-electron chi connectivity index (χ4n) is 1.64. The van der Waals surface area contributed by atoms with Crippen LogP contribution in [0.4, 0.5) is 0 Å². The topological polar surface area (TPSA) is 88.8 Å². The molecule has 1 aromatic carbocycles. The van der Waals surface area contributed by atoms with Crippen molar-refractivity contribution < 1.29 is 17.4 Å². The molecule has 6 nitrogen and oxygen atoms in total. The summed E-state index contributed by atoms with van der Waals surface area (Å²) < 4.78 is 33.1. The van der Waals surface area contributed by atoms with Gasteiger partial charge in [-0.05, 0) is 12.1 Å². The Morgan fingerprint density at radius 2 is 2.11 bits per heavy atom. The molecule has 0 saturated carbocycles. The molecule has 100 valence electrons. The predicted molar refractivity (Wildman–Crippen MR) is 66.6 cm³/mol. The van der Waals surface area contributed by atoms with Crippen LogP contribution in [0.5, 0.6) is 0 Å². The Balaban J connectivity index is 2.01. The van der Waals surface area contributed by atoms with Gasteiger partial charge in [0, 0.05) is 5.92 Å². The molecule has 2 atom stereocenters. The van der Waals surface area contributed by atoms with E-state index in [0.29, 0.717) is 13.2 Å². The van der Waals surface area contributed by atoms with Crippen LogP contribution >= 0.6 is 0 Å². The summed E-state index contributed by atoms with van der Waals surface area (Å²) in [4.78, 5) is 0.0339. The third-order valence-electron chi connectivity index (χ3n) is 2.72. The van der Waals surface area contributed by atoms with E-state index in [2.05, 4.69) is 15.5 Å². The molecule has 7 heteroatoms. The quantitative estimate of drug-likeness (QED) is 0.610. The first kappa shape index (κ1) is 13.5. The van der Waals surface area contributed by atoms with Gasteiger partial charge in [-0.15, -0.1) is 0 Å². The SMILES string of the molecule is N#CC1COCC1/C=N/OS(=O)(=O)c1ccccc1. The van der Waals surface area contributed by atoms with Crippen molar-refractivity contribution in [1.29, 1.82) is 5.26 Å². The van der Waals surface area contributed by atoms with E-state index < -0.39 is 10.1 Å². The van der Waals surface area contributed by atoms with Gasteiger partial charge in [0.15, 0.2) is 0 Å². The summed E-state index contributed by atoms with van der Waals surface area (Å²) in [6.45, 7) is 0.676. The van der Waals surface area contributed by atoms with Gasteiger partial charge in [-0.2, -0.15) is 13.7 Å². The fourth-order valence-corrected chi connectivity index (χ4v) is 2.38. The number of hydrogen-bond acceptors (Lipinski definition) is 6. The molecule has 1 fully saturated rings. The van der Waals surface area contributed by atoms with Crippen molar-refractivity contribution in [2.75, 3.05) is 13.2 Å². The lowest BCUT2D eigenvalue weighted by Crippen LogP contribution is -2.12. The van der Waals surface area contributed by atoms with Crippen molar-refractivity contribution in [2.24, 2.45) is 17.0 Å². The van der Waals surface area contributed by atoms with Gasteiger partial charge in [0.2, 0.25) is 0 Å². The molecule has 0 N–H and O–H groups in total. The first-order chi connectivity index (χ1) is 9.13. The van der Waals surface area contributed by atoms with Crippen LogP contribution in [0.2, 0.25) is 0 Å². The van der Waals surface area contributed by atoms with Crippen LogP contribution in [0, 0.1) is 23.2 Å². The number of oxime groups is 1. The van der Waals surface area contributed by atoms with E-state index in [-0.39, 0.29) is 16.7 Å².